The van der Waals surface area contributed by atoms with E-state index < -0.39 is 57.0 Å². The second-order valence-electron chi connectivity index (χ2n) is 18.8. The summed E-state index contributed by atoms with van der Waals surface area (Å²) in [6.45, 7) is 10.4. The van der Waals surface area contributed by atoms with Gasteiger partial charge in [-0.15, -0.1) is 0 Å². The van der Waals surface area contributed by atoms with E-state index in [-0.39, 0.29) is 54.0 Å². The van der Waals surface area contributed by atoms with Crippen molar-refractivity contribution in [1.82, 2.24) is 14.9 Å². The number of pyridine rings is 2. The van der Waals surface area contributed by atoms with Gasteiger partial charge in [-0.3, -0.25) is 28.0 Å². The highest BCUT2D eigenvalue weighted by Gasteiger charge is 2.25. The Kier molecular flexibility index (Phi) is 19.6. The fraction of sp³-hybridized carbons (Fsp3) is 0.339. The minimum Gasteiger partial charge on any atom is -0.496 e. The molecular formula is C56H63N3O16S2. The van der Waals surface area contributed by atoms with E-state index in [0.717, 1.165) is 11.1 Å². The maximum atomic E-state index is 13.9. The highest BCUT2D eigenvalue weighted by molar-refractivity contribution is 7.87. The van der Waals surface area contributed by atoms with Gasteiger partial charge in [-0.05, 0) is 131 Å². The highest BCUT2D eigenvalue weighted by Crippen LogP contribution is 2.40. The van der Waals surface area contributed by atoms with Crippen LogP contribution in [0.4, 0.5) is 0 Å². The van der Waals surface area contributed by atoms with Gasteiger partial charge >= 0.3 is 17.9 Å². The standard InChI is InChI=1S/C56H63N3O16S2/c1-35-12-16-47(17-13-35)76(63,64)73-31-43-24-39(54-37(3)20-45(26-49(54)67-8)71-33-52(61)69-10)22-41(57-43)28-59(30-51(60)75-56(5,6)7)29-42-23-40(55-38(4)21-46(27-50(55)68-9)72-34-53(62)70-11)25-44(58-42)32-74-77(65,66)48-18-14-36(2)15-19-48/h12-27H,28-34H2,1-11H3. The lowest BCUT2D eigenvalue weighted by atomic mass is 9.97. The molecule has 4 aromatic carbocycles. The summed E-state index contributed by atoms with van der Waals surface area (Å²) in [4.78, 5) is 49.1. The Balaban J connectivity index is 1.47. The number of methoxy groups -OCH3 is 4. The summed E-state index contributed by atoms with van der Waals surface area (Å²) in [6, 6.07) is 25.9. The van der Waals surface area contributed by atoms with Crippen molar-refractivity contribution in [2.24, 2.45) is 0 Å². The van der Waals surface area contributed by atoms with E-state index in [0.29, 0.717) is 67.8 Å². The van der Waals surface area contributed by atoms with Gasteiger partial charge in [-0.2, -0.15) is 16.8 Å². The molecule has 77 heavy (non-hydrogen) atoms. The predicted octanol–water partition coefficient (Wildman–Crippen LogP) is 8.32. The van der Waals surface area contributed by atoms with Gasteiger partial charge in [0.05, 0.1) is 67.6 Å². The number of aromatic nitrogens is 2. The summed E-state index contributed by atoms with van der Waals surface area (Å²) >= 11 is 0. The van der Waals surface area contributed by atoms with E-state index in [2.05, 4.69) is 0 Å². The number of aryl methyl sites for hydroxylation is 4. The Bertz CT molecular complexity index is 3120. The molecule has 0 atom stereocenters. The number of rotatable bonds is 24. The Labute approximate surface area is 449 Å². The molecule has 0 amide bonds. The zero-order valence-electron chi connectivity index (χ0n) is 44.9. The van der Waals surface area contributed by atoms with E-state index in [9.17, 15) is 31.2 Å². The van der Waals surface area contributed by atoms with Crippen molar-refractivity contribution < 1.29 is 72.7 Å². The molecule has 2 aromatic heterocycles. The second-order valence-corrected chi connectivity index (χ2v) is 22.1. The average molecular weight is 1100 g/mol. The van der Waals surface area contributed by atoms with Crippen LogP contribution < -0.4 is 18.9 Å². The molecule has 0 bridgehead atoms. The van der Waals surface area contributed by atoms with Gasteiger partial charge in [0, 0.05) is 36.3 Å². The summed E-state index contributed by atoms with van der Waals surface area (Å²) in [5.41, 5.74) is 5.48. The quantitative estimate of drug-likeness (QED) is 0.0315. The molecule has 0 saturated heterocycles. The maximum absolute atomic E-state index is 13.9. The molecule has 6 rings (SSSR count). The lowest BCUT2D eigenvalue weighted by Gasteiger charge is -2.25. The minimum atomic E-state index is -4.27. The van der Waals surface area contributed by atoms with E-state index in [1.54, 1.807) is 112 Å². The fourth-order valence-corrected chi connectivity index (χ4v) is 9.74. The van der Waals surface area contributed by atoms with E-state index in [4.69, 9.17) is 51.5 Å². The van der Waals surface area contributed by atoms with Gasteiger partial charge in [0.25, 0.3) is 20.2 Å². The van der Waals surface area contributed by atoms with Crippen LogP contribution in [0.3, 0.4) is 0 Å². The fourth-order valence-electron chi connectivity index (χ4n) is 7.98. The number of ether oxygens (including phenoxy) is 7. The summed E-state index contributed by atoms with van der Waals surface area (Å²) in [6.07, 6.45) is 0. The van der Waals surface area contributed by atoms with E-state index >= 15 is 0 Å². The van der Waals surface area contributed by atoms with Crippen LogP contribution in [0.2, 0.25) is 0 Å². The predicted molar refractivity (Wildman–Crippen MR) is 283 cm³/mol. The molecule has 2 heterocycles. The lowest BCUT2D eigenvalue weighted by Crippen LogP contribution is -2.35. The van der Waals surface area contributed by atoms with Crippen LogP contribution in [0.25, 0.3) is 22.3 Å². The van der Waals surface area contributed by atoms with Gasteiger partial charge < -0.3 is 33.2 Å². The van der Waals surface area contributed by atoms with Crippen molar-refractivity contribution in [3.63, 3.8) is 0 Å². The number of hydrogen-bond acceptors (Lipinski definition) is 19. The van der Waals surface area contributed by atoms with E-state index in [1.165, 1.54) is 52.7 Å². The van der Waals surface area contributed by atoms with Crippen LogP contribution in [0, 0.1) is 27.7 Å². The first-order valence-electron chi connectivity index (χ1n) is 24.0. The van der Waals surface area contributed by atoms with Crippen LogP contribution >= 0.6 is 0 Å². The van der Waals surface area contributed by atoms with Crippen LogP contribution in [-0.2, 0) is 83.5 Å². The molecule has 0 spiro atoms. The zero-order chi connectivity index (χ0) is 56.2. The third-order valence-corrected chi connectivity index (χ3v) is 14.0. The third-order valence-electron chi connectivity index (χ3n) is 11.5. The number of benzene rings is 4. The molecule has 6 aromatic rings. The van der Waals surface area contributed by atoms with Crippen molar-refractivity contribution in [3.8, 4) is 45.3 Å². The Morgan fingerprint density at radius 1 is 0.519 bits per heavy atom. The summed E-state index contributed by atoms with van der Waals surface area (Å²) in [7, 11) is -3.10. The largest absolute Gasteiger partial charge is 0.496 e. The van der Waals surface area contributed by atoms with Gasteiger partial charge in [0.2, 0.25) is 0 Å². The maximum Gasteiger partial charge on any atom is 0.343 e. The molecule has 21 heteroatoms. The number of nitrogens with zero attached hydrogens (tertiary/aromatic N) is 3. The summed E-state index contributed by atoms with van der Waals surface area (Å²) in [5.74, 6) is -0.428. The van der Waals surface area contributed by atoms with Crippen molar-refractivity contribution in [3.05, 3.63) is 142 Å². The Morgan fingerprint density at radius 3 is 1.25 bits per heavy atom. The smallest absolute Gasteiger partial charge is 0.343 e. The van der Waals surface area contributed by atoms with Crippen molar-refractivity contribution >= 4 is 38.1 Å². The van der Waals surface area contributed by atoms with Crippen molar-refractivity contribution in [1.29, 1.82) is 0 Å². The molecule has 0 radical (unpaired) electrons. The van der Waals surface area contributed by atoms with Gasteiger partial charge in [0.1, 0.15) is 41.8 Å². The Hall–Kier alpha value is -7.43. The molecule has 0 aliphatic rings. The molecular weight excluding hydrogens is 1030 g/mol. The van der Waals surface area contributed by atoms with Crippen LogP contribution in [0.15, 0.2) is 107 Å². The first-order valence-corrected chi connectivity index (χ1v) is 26.8. The zero-order valence-corrected chi connectivity index (χ0v) is 46.5. The highest BCUT2D eigenvalue weighted by atomic mass is 32.2. The minimum absolute atomic E-state index is 0.0500. The molecule has 0 aliphatic heterocycles. The van der Waals surface area contributed by atoms with Crippen LogP contribution in [0.5, 0.6) is 23.0 Å². The third kappa shape index (κ3) is 16.5. The molecule has 0 unspecified atom stereocenters. The first kappa shape index (κ1) is 58.8. The van der Waals surface area contributed by atoms with Crippen LogP contribution in [-0.4, -0.2) is 103 Å². The summed E-state index contributed by atoms with van der Waals surface area (Å²) < 4.78 is 104. The van der Waals surface area contributed by atoms with Crippen molar-refractivity contribution in [2.75, 3.05) is 48.2 Å². The number of esters is 3. The molecule has 0 aliphatic carbocycles. The number of hydrogen-bond donors (Lipinski definition) is 0. The molecule has 0 N–H and O–H groups in total. The molecule has 410 valence electrons. The van der Waals surface area contributed by atoms with Gasteiger partial charge in [-0.25, -0.2) is 9.59 Å². The van der Waals surface area contributed by atoms with E-state index in [1.807, 2.05) is 13.8 Å². The summed E-state index contributed by atoms with van der Waals surface area (Å²) in [5, 5.41) is 0. The van der Waals surface area contributed by atoms with Gasteiger partial charge in [0.15, 0.2) is 13.2 Å². The number of carbonyl (C=O) groups is 3. The van der Waals surface area contributed by atoms with Crippen molar-refractivity contribution in [2.45, 2.75) is 90.2 Å². The molecule has 0 saturated carbocycles. The monoisotopic (exact) mass is 1100 g/mol. The van der Waals surface area contributed by atoms with Gasteiger partial charge in [-0.1, -0.05) is 35.4 Å². The second kappa shape index (κ2) is 25.6. The topological polar surface area (TPSA) is 232 Å². The first-order chi connectivity index (χ1) is 36.4. The normalized spacial score (nSPS) is 11.7. The Morgan fingerprint density at radius 2 is 0.896 bits per heavy atom. The molecule has 19 nitrogen and oxygen atoms in total. The SMILES string of the molecule is COC(=O)COc1cc(C)c(-c2cc(COS(=O)(=O)c3ccc(C)cc3)nc(CN(CC(=O)OC(C)(C)C)Cc3cc(-c4c(C)cc(OCC(=O)OC)cc4OC)cc(COS(=O)(=O)c4ccc(C)cc4)n3)c2)c(OC)c1. The average Bonchev–Trinajstić information content (AvgIpc) is 3.38. The number of carbonyl (C=O) groups excluding carboxylic acids is 3. The lowest BCUT2D eigenvalue weighted by molar-refractivity contribution is -0.156. The molecule has 0 fully saturated rings. The van der Waals surface area contributed by atoms with Crippen LogP contribution in [0.1, 0.15) is 65.8 Å².